The molecule has 2 N–H and O–H groups in total. The molecule has 4 nitrogen and oxygen atoms in total. The average Bonchev–Trinajstić information content (AvgIpc) is 2.30. The van der Waals surface area contributed by atoms with Crippen LogP contribution in [-0.4, -0.2) is 23.1 Å². The van der Waals surface area contributed by atoms with E-state index in [0.29, 0.717) is 5.82 Å². The zero-order chi connectivity index (χ0) is 12.7. The number of anilines is 2. The summed E-state index contributed by atoms with van der Waals surface area (Å²) in [5.41, 5.74) is 5.83. The molecule has 4 heteroatoms. The Balaban J connectivity index is 2.85. The second kappa shape index (κ2) is 7.09. The Morgan fingerprint density at radius 1 is 1.18 bits per heavy atom. The van der Waals surface area contributed by atoms with Gasteiger partial charge in [-0.15, -0.1) is 0 Å². The average molecular weight is 236 g/mol. The molecule has 0 bridgehead atoms. The Bertz CT molecular complexity index is 338. The SMILES string of the molecule is CCCCN(CC)c1cc(N)nc(CCC)n1. The van der Waals surface area contributed by atoms with E-state index in [2.05, 4.69) is 35.6 Å². The van der Waals surface area contributed by atoms with Gasteiger partial charge in [0.2, 0.25) is 0 Å². The predicted octanol–water partition coefficient (Wildman–Crippen LogP) is 2.64. The molecule has 96 valence electrons. The minimum atomic E-state index is 0.577. The molecule has 0 aromatic carbocycles. The molecule has 17 heavy (non-hydrogen) atoms. The fraction of sp³-hybridized carbons (Fsp3) is 0.692. The van der Waals surface area contributed by atoms with E-state index in [-0.39, 0.29) is 0 Å². The van der Waals surface area contributed by atoms with Crippen molar-refractivity contribution in [1.82, 2.24) is 9.97 Å². The summed E-state index contributed by atoms with van der Waals surface area (Å²) in [6, 6.07) is 1.87. The molecular formula is C13H24N4. The molecule has 1 aromatic heterocycles. The highest BCUT2D eigenvalue weighted by atomic mass is 15.2. The van der Waals surface area contributed by atoms with Gasteiger partial charge in [0.05, 0.1) is 0 Å². The Hall–Kier alpha value is -1.32. The predicted molar refractivity (Wildman–Crippen MR) is 73.2 cm³/mol. The standard InChI is InChI=1S/C13H24N4/c1-4-7-9-17(6-3)13-10-11(14)15-12(16-13)8-5-2/h10H,4-9H2,1-3H3,(H2,14,15,16). The van der Waals surface area contributed by atoms with Crippen LogP contribution in [0.4, 0.5) is 11.6 Å². The van der Waals surface area contributed by atoms with Crippen molar-refractivity contribution >= 4 is 11.6 Å². The lowest BCUT2D eigenvalue weighted by molar-refractivity contribution is 0.717. The van der Waals surface area contributed by atoms with Crippen LogP contribution in [0.2, 0.25) is 0 Å². The van der Waals surface area contributed by atoms with Gasteiger partial charge in [-0.25, -0.2) is 9.97 Å². The molecule has 1 aromatic rings. The lowest BCUT2D eigenvalue weighted by atomic mass is 10.3. The van der Waals surface area contributed by atoms with Gasteiger partial charge in [-0.1, -0.05) is 20.3 Å². The molecule has 1 heterocycles. The van der Waals surface area contributed by atoms with Crippen LogP contribution in [0.1, 0.15) is 45.9 Å². The second-order valence-electron chi connectivity index (χ2n) is 4.25. The molecule has 0 amide bonds. The van der Waals surface area contributed by atoms with Crippen molar-refractivity contribution in [1.29, 1.82) is 0 Å². The zero-order valence-electron chi connectivity index (χ0n) is 11.2. The Morgan fingerprint density at radius 2 is 1.94 bits per heavy atom. The summed E-state index contributed by atoms with van der Waals surface area (Å²) in [6.07, 6.45) is 4.31. The smallest absolute Gasteiger partial charge is 0.134 e. The highest BCUT2D eigenvalue weighted by molar-refractivity contribution is 5.46. The summed E-state index contributed by atoms with van der Waals surface area (Å²) >= 11 is 0. The van der Waals surface area contributed by atoms with Crippen molar-refractivity contribution in [3.05, 3.63) is 11.9 Å². The molecule has 0 atom stereocenters. The number of nitrogens with zero attached hydrogens (tertiary/aromatic N) is 3. The molecule has 0 spiro atoms. The lowest BCUT2D eigenvalue weighted by Gasteiger charge is -2.22. The Morgan fingerprint density at radius 3 is 2.53 bits per heavy atom. The van der Waals surface area contributed by atoms with Crippen LogP contribution < -0.4 is 10.6 Å². The van der Waals surface area contributed by atoms with Crippen molar-refractivity contribution < 1.29 is 0 Å². The lowest BCUT2D eigenvalue weighted by Crippen LogP contribution is -2.25. The number of hydrogen-bond donors (Lipinski definition) is 1. The van der Waals surface area contributed by atoms with Crippen molar-refractivity contribution in [2.45, 2.75) is 46.5 Å². The summed E-state index contributed by atoms with van der Waals surface area (Å²) < 4.78 is 0. The second-order valence-corrected chi connectivity index (χ2v) is 4.25. The van der Waals surface area contributed by atoms with E-state index in [9.17, 15) is 0 Å². The molecule has 0 unspecified atom stereocenters. The van der Waals surface area contributed by atoms with Crippen LogP contribution in [0.3, 0.4) is 0 Å². The molecule has 0 aliphatic heterocycles. The third-order valence-electron chi connectivity index (χ3n) is 2.74. The molecule has 0 aliphatic carbocycles. The minimum Gasteiger partial charge on any atom is -0.384 e. The van der Waals surface area contributed by atoms with Gasteiger partial charge in [0.15, 0.2) is 0 Å². The number of rotatable bonds is 7. The van der Waals surface area contributed by atoms with Crippen LogP contribution in [0.5, 0.6) is 0 Å². The summed E-state index contributed by atoms with van der Waals surface area (Å²) in [5, 5.41) is 0. The largest absolute Gasteiger partial charge is 0.384 e. The fourth-order valence-electron chi connectivity index (χ4n) is 1.78. The number of hydrogen-bond acceptors (Lipinski definition) is 4. The van der Waals surface area contributed by atoms with Crippen LogP contribution in [-0.2, 0) is 6.42 Å². The van der Waals surface area contributed by atoms with Gasteiger partial charge in [-0.2, -0.15) is 0 Å². The number of aryl methyl sites for hydroxylation is 1. The third-order valence-corrected chi connectivity index (χ3v) is 2.74. The van der Waals surface area contributed by atoms with E-state index < -0.39 is 0 Å². The van der Waals surface area contributed by atoms with Gasteiger partial charge in [-0.05, 0) is 19.8 Å². The molecule has 0 aliphatic rings. The van der Waals surface area contributed by atoms with Gasteiger partial charge in [-0.3, -0.25) is 0 Å². The van der Waals surface area contributed by atoms with Crippen molar-refractivity contribution in [3.63, 3.8) is 0 Å². The molecule has 0 saturated heterocycles. The first-order valence-corrected chi connectivity index (χ1v) is 6.59. The van der Waals surface area contributed by atoms with Crippen molar-refractivity contribution in [3.8, 4) is 0 Å². The fourth-order valence-corrected chi connectivity index (χ4v) is 1.78. The normalized spacial score (nSPS) is 10.5. The van der Waals surface area contributed by atoms with E-state index in [1.165, 1.54) is 12.8 Å². The van der Waals surface area contributed by atoms with Gasteiger partial charge < -0.3 is 10.6 Å². The van der Waals surface area contributed by atoms with Crippen molar-refractivity contribution in [2.24, 2.45) is 0 Å². The number of unbranched alkanes of at least 4 members (excludes halogenated alkanes) is 1. The minimum absolute atomic E-state index is 0.577. The van der Waals surface area contributed by atoms with E-state index in [1.54, 1.807) is 0 Å². The van der Waals surface area contributed by atoms with Gasteiger partial charge in [0.1, 0.15) is 17.5 Å². The summed E-state index contributed by atoms with van der Waals surface area (Å²) in [6.45, 7) is 8.47. The van der Waals surface area contributed by atoms with Crippen LogP contribution in [0, 0.1) is 0 Å². The summed E-state index contributed by atoms with van der Waals surface area (Å²) in [7, 11) is 0. The van der Waals surface area contributed by atoms with Gasteiger partial charge in [0.25, 0.3) is 0 Å². The van der Waals surface area contributed by atoms with Gasteiger partial charge in [0, 0.05) is 25.6 Å². The highest BCUT2D eigenvalue weighted by Gasteiger charge is 2.08. The maximum Gasteiger partial charge on any atom is 0.134 e. The first-order chi connectivity index (χ1) is 8.21. The maximum absolute atomic E-state index is 5.83. The van der Waals surface area contributed by atoms with Crippen LogP contribution in [0.25, 0.3) is 0 Å². The monoisotopic (exact) mass is 236 g/mol. The molecule has 1 rings (SSSR count). The third kappa shape index (κ3) is 4.21. The molecule has 0 saturated carbocycles. The van der Waals surface area contributed by atoms with Crippen LogP contribution >= 0.6 is 0 Å². The van der Waals surface area contributed by atoms with E-state index in [4.69, 9.17) is 5.73 Å². The van der Waals surface area contributed by atoms with E-state index in [0.717, 1.165) is 37.6 Å². The maximum atomic E-state index is 5.83. The number of nitrogen functional groups attached to an aromatic ring is 1. The zero-order valence-corrected chi connectivity index (χ0v) is 11.2. The van der Waals surface area contributed by atoms with Crippen LogP contribution in [0.15, 0.2) is 6.07 Å². The quantitative estimate of drug-likeness (QED) is 0.790. The topological polar surface area (TPSA) is 55.0 Å². The summed E-state index contributed by atoms with van der Waals surface area (Å²) in [4.78, 5) is 11.1. The van der Waals surface area contributed by atoms with E-state index >= 15 is 0 Å². The van der Waals surface area contributed by atoms with Gasteiger partial charge >= 0.3 is 0 Å². The Labute approximate surface area is 104 Å². The highest BCUT2D eigenvalue weighted by Crippen LogP contribution is 2.15. The first-order valence-electron chi connectivity index (χ1n) is 6.59. The Kier molecular flexibility index (Phi) is 5.73. The molecule has 0 radical (unpaired) electrons. The number of aromatic nitrogens is 2. The number of nitrogens with two attached hydrogens (primary N) is 1. The molecule has 0 fully saturated rings. The first kappa shape index (κ1) is 13.7. The summed E-state index contributed by atoms with van der Waals surface area (Å²) in [5.74, 6) is 2.41. The van der Waals surface area contributed by atoms with E-state index in [1.807, 2.05) is 6.07 Å². The van der Waals surface area contributed by atoms with Crippen molar-refractivity contribution in [2.75, 3.05) is 23.7 Å². The molecular weight excluding hydrogens is 212 g/mol.